The molecule has 1 aromatic carbocycles. The van der Waals surface area contributed by atoms with E-state index < -0.39 is 0 Å². The molecule has 0 saturated heterocycles. The lowest BCUT2D eigenvalue weighted by Gasteiger charge is -2.24. The molecule has 1 heterocycles. The third kappa shape index (κ3) is 3.98. The summed E-state index contributed by atoms with van der Waals surface area (Å²) in [4.78, 5) is 12.0. The molecule has 0 radical (unpaired) electrons. The molecule has 0 bridgehead atoms. The first kappa shape index (κ1) is 13.9. The fourth-order valence-electron chi connectivity index (χ4n) is 2.39. The van der Waals surface area contributed by atoms with Gasteiger partial charge in [0.15, 0.2) is 0 Å². The maximum atomic E-state index is 12.0. The molecule has 1 N–H and O–H groups in total. The van der Waals surface area contributed by atoms with Gasteiger partial charge in [0.05, 0.1) is 12.5 Å². The van der Waals surface area contributed by atoms with Gasteiger partial charge in [0.1, 0.15) is 0 Å². The Morgan fingerprint density at radius 3 is 3.00 bits per heavy atom. The number of hydrogen-bond donors (Lipinski definition) is 1. The molecule has 0 fully saturated rings. The van der Waals surface area contributed by atoms with E-state index in [1.807, 2.05) is 12.1 Å². The maximum Gasteiger partial charge on any atom is 0.311 e. The summed E-state index contributed by atoms with van der Waals surface area (Å²) >= 11 is 0. The lowest BCUT2D eigenvalue weighted by atomic mass is 9.94. The van der Waals surface area contributed by atoms with Crippen LogP contribution in [0, 0.1) is 11.8 Å². The fraction of sp³-hybridized carbons (Fsp3) is 0.562. The number of anilines is 1. The number of rotatable bonds is 5. The quantitative estimate of drug-likeness (QED) is 0.653. The molecule has 104 valence electrons. The second kappa shape index (κ2) is 6.60. The van der Waals surface area contributed by atoms with E-state index in [0.717, 1.165) is 24.9 Å². The molecule has 19 heavy (non-hydrogen) atoms. The van der Waals surface area contributed by atoms with Gasteiger partial charge in [-0.25, -0.2) is 0 Å². The molecule has 0 aromatic heterocycles. The van der Waals surface area contributed by atoms with Crippen LogP contribution in [0.15, 0.2) is 24.3 Å². The molecular formula is C16H23NO2. The standard InChI is InChI=1S/C16H23NO2/c1-12(2)6-5-9-19-16(18)14-10-13-7-3-4-8-15(13)17-11-14/h3-4,7-8,12,14,17H,5-6,9-11H2,1-2H3. The minimum Gasteiger partial charge on any atom is -0.465 e. The summed E-state index contributed by atoms with van der Waals surface area (Å²) in [5.74, 6) is 0.557. The lowest BCUT2D eigenvalue weighted by molar-refractivity contribution is -0.148. The van der Waals surface area contributed by atoms with E-state index >= 15 is 0 Å². The van der Waals surface area contributed by atoms with E-state index in [2.05, 4.69) is 31.3 Å². The van der Waals surface area contributed by atoms with Crippen molar-refractivity contribution in [3.05, 3.63) is 29.8 Å². The second-order valence-corrected chi connectivity index (χ2v) is 5.64. The van der Waals surface area contributed by atoms with Crippen LogP contribution in [0.1, 0.15) is 32.3 Å². The van der Waals surface area contributed by atoms with Gasteiger partial charge in [0.2, 0.25) is 0 Å². The summed E-state index contributed by atoms with van der Waals surface area (Å²) in [6, 6.07) is 8.15. The van der Waals surface area contributed by atoms with E-state index in [0.29, 0.717) is 19.1 Å². The first-order valence-electron chi connectivity index (χ1n) is 7.15. The molecule has 0 amide bonds. The Morgan fingerprint density at radius 1 is 1.42 bits per heavy atom. The van der Waals surface area contributed by atoms with E-state index in [1.165, 1.54) is 5.56 Å². The van der Waals surface area contributed by atoms with Crippen LogP contribution in [0.4, 0.5) is 5.69 Å². The van der Waals surface area contributed by atoms with Crippen molar-refractivity contribution < 1.29 is 9.53 Å². The van der Waals surface area contributed by atoms with Gasteiger partial charge in [-0.15, -0.1) is 0 Å². The zero-order valence-corrected chi connectivity index (χ0v) is 11.8. The second-order valence-electron chi connectivity index (χ2n) is 5.64. The molecular weight excluding hydrogens is 238 g/mol. The average Bonchev–Trinajstić information content (AvgIpc) is 2.42. The Balaban J connectivity index is 1.79. The Hall–Kier alpha value is -1.51. The molecule has 0 aliphatic carbocycles. The predicted octanol–water partition coefficient (Wildman–Crippen LogP) is 3.25. The normalized spacial score (nSPS) is 17.7. The number of fused-ring (bicyclic) bond motifs is 1. The van der Waals surface area contributed by atoms with Gasteiger partial charge in [0.25, 0.3) is 0 Å². The SMILES string of the molecule is CC(C)CCCOC(=O)C1CNc2ccccc2C1. The van der Waals surface area contributed by atoms with Crippen LogP contribution < -0.4 is 5.32 Å². The molecule has 3 heteroatoms. The number of para-hydroxylation sites is 1. The van der Waals surface area contributed by atoms with Crippen molar-refractivity contribution in [3.63, 3.8) is 0 Å². The van der Waals surface area contributed by atoms with Crippen LogP contribution in [0.25, 0.3) is 0 Å². The summed E-state index contributed by atoms with van der Waals surface area (Å²) < 4.78 is 5.37. The maximum absolute atomic E-state index is 12.0. The first-order chi connectivity index (χ1) is 9.16. The van der Waals surface area contributed by atoms with Gasteiger partial charge < -0.3 is 10.1 Å². The van der Waals surface area contributed by atoms with Crippen LogP contribution >= 0.6 is 0 Å². The van der Waals surface area contributed by atoms with Crippen LogP contribution in [0.3, 0.4) is 0 Å². The number of carbonyl (C=O) groups is 1. The Bertz CT molecular complexity index is 429. The monoisotopic (exact) mass is 261 g/mol. The molecule has 1 atom stereocenters. The molecule has 0 saturated carbocycles. The number of ether oxygens (including phenoxy) is 1. The van der Waals surface area contributed by atoms with Crippen molar-refractivity contribution >= 4 is 11.7 Å². The number of benzene rings is 1. The summed E-state index contributed by atoms with van der Waals surface area (Å²) in [5.41, 5.74) is 2.35. The van der Waals surface area contributed by atoms with Gasteiger partial charge in [-0.05, 0) is 36.8 Å². The van der Waals surface area contributed by atoms with Crippen molar-refractivity contribution in [2.75, 3.05) is 18.5 Å². The molecule has 2 rings (SSSR count). The summed E-state index contributed by atoms with van der Waals surface area (Å²) in [6.07, 6.45) is 2.85. The highest BCUT2D eigenvalue weighted by molar-refractivity contribution is 5.75. The highest BCUT2D eigenvalue weighted by atomic mass is 16.5. The van der Waals surface area contributed by atoms with Crippen LogP contribution in [0.5, 0.6) is 0 Å². The van der Waals surface area contributed by atoms with Crippen molar-refractivity contribution in [2.45, 2.75) is 33.1 Å². The van der Waals surface area contributed by atoms with Crippen LogP contribution in [-0.2, 0) is 16.0 Å². The highest BCUT2D eigenvalue weighted by Crippen LogP contribution is 2.24. The topological polar surface area (TPSA) is 38.3 Å². The Morgan fingerprint density at radius 2 is 2.21 bits per heavy atom. The summed E-state index contributed by atoms with van der Waals surface area (Å²) in [5, 5.41) is 3.30. The zero-order chi connectivity index (χ0) is 13.7. The number of hydrogen-bond acceptors (Lipinski definition) is 3. The van der Waals surface area contributed by atoms with Gasteiger partial charge >= 0.3 is 5.97 Å². The molecule has 1 aliphatic rings. The number of nitrogens with one attached hydrogen (secondary N) is 1. The Kier molecular flexibility index (Phi) is 4.83. The molecule has 1 unspecified atom stereocenters. The smallest absolute Gasteiger partial charge is 0.311 e. The van der Waals surface area contributed by atoms with Crippen molar-refractivity contribution in [1.82, 2.24) is 0 Å². The van der Waals surface area contributed by atoms with Gasteiger partial charge in [-0.3, -0.25) is 4.79 Å². The molecule has 0 spiro atoms. The van der Waals surface area contributed by atoms with E-state index in [-0.39, 0.29) is 11.9 Å². The van der Waals surface area contributed by atoms with Gasteiger partial charge in [-0.2, -0.15) is 0 Å². The van der Waals surface area contributed by atoms with Crippen molar-refractivity contribution in [2.24, 2.45) is 11.8 Å². The third-order valence-corrected chi connectivity index (χ3v) is 3.53. The molecule has 1 aromatic rings. The highest BCUT2D eigenvalue weighted by Gasteiger charge is 2.25. The van der Waals surface area contributed by atoms with Crippen LogP contribution in [0.2, 0.25) is 0 Å². The van der Waals surface area contributed by atoms with Crippen LogP contribution in [-0.4, -0.2) is 19.1 Å². The zero-order valence-electron chi connectivity index (χ0n) is 11.8. The lowest BCUT2D eigenvalue weighted by Crippen LogP contribution is -2.31. The predicted molar refractivity (Wildman–Crippen MR) is 77.2 cm³/mol. The van der Waals surface area contributed by atoms with Crippen molar-refractivity contribution in [3.8, 4) is 0 Å². The molecule has 1 aliphatic heterocycles. The summed E-state index contributed by atoms with van der Waals surface area (Å²) in [7, 11) is 0. The van der Waals surface area contributed by atoms with E-state index in [9.17, 15) is 4.79 Å². The van der Waals surface area contributed by atoms with E-state index in [4.69, 9.17) is 4.74 Å². The van der Waals surface area contributed by atoms with Crippen molar-refractivity contribution in [1.29, 1.82) is 0 Å². The minimum absolute atomic E-state index is 0.0473. The van der Waals surface area contributed by atoms with E-state index in [1.54, 1.807) is 0 Å². The van der Waals surface area contributed by atoms with Gasteiger partial charge in [-0.1, -0.05) is 32.0 Å². The summed E-state index contributed by atoms with van der Waals surface area (Å²) in [6.45, 7) is 5.60. The van der Waals surface area contributed by atoms with Gasteiger partial charge in [0, 0.05) is 12.2 Å². The average molecular weight is 261 g/mol. The third-order valence-electron chi connectivity index (χ3n) is 3.53. The minimum atomic E-state index is -0.0641. The molecule has 3 nitrogen and oxygen atoms in total. The Labute approximate surface area is 115 Å². The number of esters is 1. The first-order valence-corrected chi connectivity index (χ1v) is 7.15. The largest absolute Gasteiger partial charge is 0.465 e. The fourth-order valence-corrected chi connectivity index (χ4v) is 2.39. The number of carbonyl (C=O) groups excluding carboxylic acids is 1.